The summed E-state index contributed by atoms with van der Waals surface area (Å²) in [4.78, 5) is 20.3. The van der Waals surface area contributed by atoms with Gasteiger partial charge < -0.3 is 9.47 Å². The topological polar surface area (TPSA) is 52.6 Å². The molecule has 18 heavy (non-hydrogen) atoms. The molecule has 0 heterocycles. The van der Waals surface area contributed by atoms with E-state index in [1.54, 1.807) is 0 Å². The Morgan fingerprint density at radius 3 is 1.89 bits per heavy atom. The third-order valence-electron chi connectivity index (χ3n) is 2.34. The molecule has 0 radical (unpaired) electrons. The first kappa shape index (κ1) is 19.3. The summed E-state index contributed by atoms with van der Waals surface area (Å²) < 4.78 is 9.07. The van der Waals surface area contributed by atoms with E-state index in [1.807, 2.05) is 6.92 Å². The average molecular weight is 260 g/mol. The Balaban J connectivity index is 0. The number of carbonyl (C=O) groups is 2. The molecule has 108 valence electrons. The minimum absolute atomic E-state index is 0.0754. The highest BCUT2D eigenvalue weighted by molar-refractivity contribution is 5.68. The second-order valence-corrected chi connectivity index (χ2v) is 4.04. The largest absolute Gasteiger partial charge is 0.469 e. The molecule has 0 saturated heterocycles. The maximum atomic E-state index is 10.7. The van der Waals surface area contributed by atoms with E-state index in [0.29, 0.717) is 13.0 Å². The molecule has 0 atom stereocenters. The summed E-state index contributed by atoms with van der Waals surface area (Å²) in [6.45, 7) is 6.01. The first-order chi connectivity index (χ1) is 8.58. The highest BCUT2D eigenvalue weighted by Crippen LogP contribution is 2.04. The quantitative estimate of drug-likeness (QED) is 0.495. The van der Waals surface area contributed by atoms with Gasteiger partial charge in [0.25, 0.3) is 0 Å². The number of hydrogen-bond donors (Lipinski definition) is 0. The molecule has 0 aliphatic heterocycles. The molecule has 4 heteroatoms. The van der Waals surface area contributed by atoms with Gasteiger partial charge in [-0.1, -0.05) is 46.0 Å². The number of esters is 2. The van der Waals surface area contributed by atoms with Crippen LogP contribution in [-0.2, 0) is 19.1 Å². The predicted molar refractivity (Wildman–Crippen MR) is 72.3 cm³/mol. The van der Waals surface area contributed by atoms with E-state index in [1.165, 1.54) is 46.1 Å². The fraction of sp³-hybridized carbons (Fsp3) is 0.857. The normalized spacial score (nSPS) is 9.11. The number of ether oxygens (including phenoxy) is 2. The Labute approximate surface area is 111 Å². The van der Waals surface area contributed by atoms with Gasteiger partial charge in [0, 0.05) is 13.3 Å². The maximum Gasteiger partial charge on any atom is 0.305 e. The van der Waals surface area contributed by atoms with Crippen molar-refractivity contribution in [3.8, 4) is 0 Å². The van der Waals surface area contributed by atoms with Crippen LogP contribution >= 0.6 is 0 Å². The van der Waals surface area contributed by atoms with Crippen molar-refractivity contribution in [2.75, 3.05) is 13.7 Å². The van der Waals surface area contributed by atoms with Crippen molar-refractivity contribution < 1.29 is 19.1 Å². The summed E-state index contributed by atoms with van der Waals surface area (Å²) in [6.07, 6.45) is 7.91. The van der Waals surface area contributed by atoms with Gasteiger partial charge in [0.1, 0.15) is 0 Å². The summed E-state index contributed by atoms with van der Waals surface area (Å²) in [7, 11) is 1.35. The SMILES string of the molecule is CCCCCCCCOC(=O)CC.COC(C)=O. The van der Waals surface area contributed by atoms with Crippen molar-refractivity contribution in [3.05, 3.63) is 0 Å². The first-order valence-corrected chi connectivity index (χ1v) is 6.78. The van der Waals surface area contributed by atoms with Crippen LogP contribution in [0.1, 0.15) is 65.7 Å². The van der Waals surface area contributed by atoms with Gasteiger partial charge in [0.15, 0.2) is 0 Å². The molecular formula is C14H28O4. The second kappa shape index (κ2) is 15.9. The molecule has 0 N–H and O–H groups in total. The molecule has 0 amide bonds. The zero-order chi connectivity index (χ0) is 14.2. The summed E-state index contributed by atoms with van der Waals surface area (Å²) in [5.74, 6) is -0.321. The number of methoxy groups -OCH3 is 1. The van der Waals surface area contributed by atoms with Gasteiger partial charge in [0.05, 0.1) is 13.7 Å². The first-order valence-electron chi connectivity index (χ1n) is 6.78. The highest BCUT2D eigenvalue weighted by Gasteiger charge is 1.96. The fourth-order valence-corrected chi connectivity index (χ4v) is 1.17. The van der Waals surface area contributed by atoms with Crippen LogP contribution in [0.25, 0.3) is 0 Å². The van der Waals surface area contributed by atoms with Crippen LogP contribution in [0.4, 0.5) is 0 Å². The molecule has 0 aliphatic rings. The zero-order valence-electron chi connectivity index (χ0n) is 12.3. The Kier molecular flexibility index (Phi) is 17.1. The van der Waals surface area contributed by atoms with E-state index >= 15 is 0 Å². The summed E-state index contributed by atoms with van der Waals surface area (Å²) in [5, 5.41) is 0. The van der Waals surface area contributed by atoms with Crippen LogP contribution in [0.15, 0.2) is 0 Å². The van der Waals surface area contributed by atoms with Crippen LogP contribution in [0, 0.1) is 0 Å². The van der Waals surface area contributed by atoms with Gasteiger partial charge in [0.2, 0.25) is 0 Å². The van der Waals surface area contributed by atoms with Gasteiger partial charge in [-0.2, -0.15) is 0 Å². The maximum absolute atomic E-state index is 10.7. The van der Waals surface area contributed by atoms with E-state index in [4.69, 9.17) is 4.74 Å². The number of unbranched alkanes of at least 4 members (excludes halogenated alkanes) is 5. The average Bonchev–Trinajstić information content (AvgIpc) is 2.38. The summed E-state index contributed by atoms with van der Waals surface area (Å²) in [5.41, 5.74) is 0. The van der Waals surface area contributed by atoms with Crippen molar-refractivity contribution in [2.24, 2.45) is 0 Å². The number of carbonyl (C=O) groups excluding carboxylic acids is 2. The predicted octanol–water partition coefficient (Wildman–Crippen LogP) is 3.48. The van der Waals surface area contributed by atoms with Gasteiger partial charge in [-0.3, -0.25) is 9.59 Å². The van der Waals surface area contributed by atoms with Gasteiger partial charge in [-0.05, 0) is 6.42 Å². The minimum Gasteiger partial charge on any atom is -0.469 e. The summed E-state index contributed by atoms with van der Waals surface area (Å²) in [6, 6.07) is 0. The van der Waals surface area contributed by atoms with Crippen LogP contribution in [0.2, 0.25) is 0 Å². The standard InChI is InChI=1S/C11H22O2.C3H6O2/c1-3-5-6-7-8-9-10-13-11(12)4-2;1-3(4)5-2/h3-10H2,1-2H3;1-2H3. The van der Waals surface area contributed by atoms with Crippen molar-refractivity contribution in [1.82, 2.24) is 0 Å². The van der Waals surface area contributed by atoms with Crippen LogP contribution in [-0.4, -0.2) is 25.7 Å². The van der Waals surface area contributed by atoms with Gasteiger partial charge in [-0.25, -0.2) is 0 Å². The number of rotatable bonds is 8. The second-order valence-electron chi connectivity index (χ2n) is 4.04. The van der Waals surface area contributed by atoms with E-state index in [2.05, 4.69) is 11.7 Å². The van der Waals surface area contributed by atoms with E-state index in [9.17, 15) is 9.59 Å². The third-order valence-corrected chi connectivity index (χ3v) is 2.34. The lowest BCUT2D eigenvalue weighted by Gasteiger charge is -2.02. The molecular weight excluding hydrogens is 232 g/mol. The van der Waals surface area contributed by atoms with Crippen molar-refractivity contribution in [3.63, 3.8) is 0 Å². The van der Waals surface area contributed by atoms with Crippen LogP contribution in [0.3, 0.4) is 0 Å². The molecule has 0 aromatic heterocycles. The molecule has 0 unspecified atom stereocenters. The van der Waals surface area contributed by atoms with Crippen molar-refractivity contribution in [1.29, 1.82) is 0 Å². The smallest absolute Gasteiger partial charge is 0.305 e. The molecule has 0 rings (SSSR count). The van der Waals surface area contributed by atoms with E-state index < -0.39 is 0 Å². The highest BCUT2D eigenvalue weighted by atomic mass is 16.5. The minimum atomic E-state index is -0.245. The molecule has 0 fully saturated rings. The lowest BCUT2D eigenvalue weighted by molar-refractivity contribution is -0.143. The van der Waals surface area contributed by atoms with Crippen LogP contribution in [0.5, 0.6) is 0 Å². The summed E-state index contributed by atoms with van der Waals surface area (Å²) >= 11 is 0. The van der Waals surface area contributed by atoms with E-state index in [0.717, 1.165) is 6.42 Å². The Bertz CT molecular complexity index is 202. The Morgan fingerprint density at radius 2 is 1.44 bits per heavy atom. The van der Waals surface area contributed by atoms with Gasteiger partial charge >= 0.3 is 11.9 Å². The molecule has 0 aromatic rings. The molecule has 0 saturated carbocycles. The van der Waals surface area contributed by atoms with Gasteiger partial charge in [-0.15, -0.1) is 0 Å². The lowest BCUT2D eigenvalue weighted by Crippen LogP contribution is -2.03. The van der Waals surface area contributed by atoms with Crippen molar-refractivity contribution >= 4 is 11.9 Å². The molecule has 0 aliphatic carbocycles. The Morgan fingerprint density at radius 1 is 0.944 bits per heavy atom. The molecule has 4 nitrogen and oxygen atoms in total. The monoisotopic (exact) mass is 260 g/mol. The van der Waals surface area contributed by atoms with E-state index in [-0.39, 0.29) is 11.9 Å². The lowest BCUT2D eigenvalue weighted by atomic mass is 10.1. The number of hydrogen-bond acceptors (Lipinski definition) is 4. The van der Waals surface area contributed by atoms with Crippen molar-refractivity contribution in [2.45, 2.75) is 65.7 Å². The molecule has 0 aromatic carbocycles. The molecule has 0 bridgehead atoms. The Hall–Kier alpha value is -1.06. The zero-order valence-corrected chi connectivity index (χ0v) is 12.3. The van der Waals surface area contributed by atoms with Crippen LogP contribution < -0.4 is 0 Å². The fourth-order valence-electron chi connectivity index (χ4n) is 1.17. The molecule has 0 spiro atoms. The third kappa shape index (κ3) is 20.4.